The maximum absolute atomic E-state index is 12.5. The molecule has 118 valence electrons. The van der Waals surface area contributed by atoms with Crippen molar-refractivity contribution in [1.82, 2.24) is 10.2 Å². The maximum Gasteiger partial charge on any atom is 0.257 e. The van der Waals surface area contributed by atoms with Gasteiger partial charge in [-0.05, 0) is 25.1 Å². The van der Waals surface area contributed by atoms with E-state index in [2.05, 4.69) is 15.5 Å². The number of nitrogens with one attached hydrogen (secondary N) is 2. The van der Waals surface area contributed by atoms with Gasteiger partial charge in [-0.1, -0.05) is 12.1 Å². The summed E-state index contributed by atoms with van der Waals surface area (Å²) in [6.07, 6.45) is 1.69. The fourth-order valence-electron chi connectivity index (χ4n) is 2.38. The monoisotopic (exact) mass is 311 g/mol. The molecule has 0 aliphatic carbocycles. The van der Waals surface area contributed by atoms with E-state index < -0.39 is 0 Å². The number of aromatic amines is 1. The molecule has 3 aromatic rings. The number of hydrogen-bond donors (Lipinski definition) is 2. The van der Waals surface area contributed by atoms with Gasteiger partial charge in [0, 0.05) is 17.1 Å². The zero-order valence-electron chi connectivity index (χ0n) is 12.9. The smallest absolute Gasteiger partial charge is 0.257 e. The molecule has 0 atom stereocenters. The molecule has 0 aliphatic rings. The minimum atomic E-state index is -0.217. The van der Waals surface area contributed by atoms with E-state index in [1.54, 1.807) is 37.6 Å². The Bertz CT molecular complexity index is 842. The minimum absolute atomic E-state index is 0.217. The van der Waals surface area contributed by atoms with Crippen molar-refractivity contribution in [3.63, 3.8) is 0 Å². The summed E-state index contributed by atoms with van der Waals surface area (Å²) in [7, 11) is 1.56. The van der Waals surface area contributed by atoms with Crippen LogP contribution < -0.4 is 14.8 Å². The molecule has 0 radical (unpaired) electrons. The molecule has 0 aliphatic heterocycles. The Kier molecular flexibility index (Phi) is 4.14. The van der Waals surface area contributed by atoms with E-state index in [0.717, 1.165) is 5.39 Å². The van der Waals surface area contributed by atoms with Crippen LogP contribution in [0.3, 0.4) is 0 Å². The molecule has 2 aromatic carbocycles. The molecule has 0 unspecified atom stereocenters. The Hall–Kier alpha value is -3.02. The molecule has 6 nitrogen and oxygen atoms in total. The van der Waals surface area contributed by atoms with Gasteiger partial charge in [-0.25, -0.2) is 0 Å². The predicted octanol–water partition coefficient (Wildman–Crippen LogP) is 3.22. The Morgan fingerprint density at radius 1 is 1.26 bits per heavy atom. The molecule has 0 spiro atoms. The first-order valence-electron chi connectivity index (χ1n) is 7.27. The van der Waals surface area contributed by atoms with Crippen LogP contribution in [-0.2, 0) is 0 Å². The molecular formula is C17H17N3O3. The largest absolute Gasteiger partial charge is 0.493 e. The second-order valence-corrected chi connectivity index (χ2v) is 4.89. The van der Waals surface area contributed by atoms with E-state index in [-0.39, 0.29) is 5.91 Å². The number of anilines is 1. The minimum Gasteiger partial charge on any atom is -0.493 e. The summed E-state index contributed by atoms with van der Waals surface area (Å²) < 4.78 is 10.8. The summed E-state index contributed by atoms with van der Waals surface area (Å²) in [5, 5.41) is 10.6. The highest BCUT2D eigenvalue weighted by atomic mass is 16.5. The van der Waals surface area contributed by atoms with Gasteiger partial charge >= 0.3 is 0 Å². The molecule has 0 fully saturated rings. The Morgan fingerprint density at radius 2 is 2.13 bits per heavy atom. The van der Waals surface area contributed by atoms with Crippen molar-refractivity contribution < 1.29 is 14.3 Å². The van der Waals surface area contributed by atoms with Gasteiger partial charge in [0.05, 0.1) is 31.0 Å². The molecule has 1 amide bonds. The topological polar surface area (TPSA) is 76.2 Å². The average molecular weight is 311 g/mol. The third kappa shape index (κ3) is 2.96. The van der Waals surface area contributed by atoms with Gasteiger partial charge < -0.3 is 14.8 Å². The third-order valence-corrected chi connectivity index (χ3v) is 3.44. The lowest BCUT2D eigenvalue weighted by molar-refractivity contribution is 0.102. The van der Waals surface area contributed by atoms with Crippen molar-refractivity contribution in [1.29, 1.82) is 0 Å². The quantitative estimate of drug-likeness (QED) is 0.758. The highest BCUT2D eigenvalue weighted by Crippen LogP contribution is 2.30. The van der Waals surface area contributed by atoms with E-state index in [1.165, 1.54) is 0 Å². The number of para-hydroxylation sites is 1. The maximum atomic E-state index is 12.5. The third-order valence-electron chi connectivity index (χ3n) is 3.44. The van der Waals surface area contributed by atoms with Gasteiger partial charge in [-0.3, -0.25) is 9.89 Å². The normalized spacial score (nSPS) is 10.5. The summed E-state index contributed by atoms with van der Waals surface area (Å²) in [6.45, 7) is 2.45. The lowest BCUT2D eigenvalue weighted by atomic mass is 10.1. The number of amides is 1. The number of methoxy groups -OCH3 is 1. The lowest BCUT2D eigenvalue weighted by Crippen LogP contribution is -2.12. The van der Waals surface area contributed by atoms with Crippen LogP contribution in [-0.4, -0.2) is 29.8 Å². The molecule has 1 aromatic heterocycles. The summed E-state index contributed by atoms with van der Waals surface area (Å²) in [5.41, 5.74) is 1.88. The fraction of sp³-hybridized carbons (Fsp3) is 0.176. The number of carbonyl (C=O) groups excluding carboxylic acids is 1. The highest BCUT2D eigenvalue weighted by Gasteiger charge is 2.13. The highest BCUT2D eigenvalue weighted by molar-refractivity contribution is 6.11. The predicted molar refractivity (Wildman–Crippen MR) is 88.2 cm³/mol. The number of nitrogens with zero attached hydrogens (tertiary/aromatic N) is 1. The Morgan fingerprint density at radius 3 is 2.91 bits per heavy atom. The zero-order chi connectivity index (χ0) is 16.2. The van der Waals surface area contributed by atoms with Crippen LogP contribution in [0, 0.1) is 0 Å². The van der Waals surface area contributed by atoms with Gasteiger partial charge in [-0.2, -0.15) is 5.10 Å². The number of carbonyl (C=O) groups is 1. The van der Waals surface area contributed by atoms with Crippen LogP contribution >= 0.6 is 0 Å². The number of fused-ring (bicyclic) bond motifs is 1. The van der Waals surface area contributed by atoms with Crippen molar-refractivity contribution in [3.05, 3.63) is 48.2 Å². The second kappa shape index (κ2) is 6.39. The summed E-state index contributed by atoms with van der Waals surface area (Å²) in [4.78, 5) is 12.5. The standard InChI is InChI=1S/C17H17N3O3/c1-3-23-14-8-7-12(9-15(14)22-2)19-17(21)13-6-4-5-11-10-18-20-16(11)13/h4-10H,3H2,1-2H3,(H,18,20)(H,19,21). The summed E-state index contributed by atoms with van der Waals surface area (Å²) in [6, 6.07) is 10.8. The first-order valence-corrected chi connectivity index (χ1v) is 7.27. The number of ether oxygens (including phenoxy) is 2. The number of benzene rings is 2. The molecule has 0 saturated heterocycles. The Labute approximate surface area is 133 Å². The zero-order valence-corrected chi connectivity index (χ0v) is 12.9. The van der Waals surface area contributed by atoms with Gasteiger partial charge in [0.2, 0.25) is 0 Å². The molecule has 0 bridgehead atoms. The van der Waals surface area contributed by atoms with E-state index >= 15 is 0 Å². The molecule has 6 heteroatoms. The lowest BCUT2D eigenvalue weighted by Gasteiger charge is -2.12. The number of rotatable bonds is 5. The van der Waals surface area contributed by atoms with Crippen LogP contribution in [0.1, 0.15) is 17.3 Å². The first kappa shape index (κ1) is 14.9. The van der Waals surface area contributed by atoms with Gasteiger partial charge in [0.25, 0.3) is 5.91 Å². The van der Waals surface area contributed by atoms with Gasteiger partial charge in [0.15, 0.2) is 11.5 Å². The fourth-order valence-corrected chi connectivity index (χ4v) is 2.38. The van der Waals surface area contributed by atoms with E-state index in [4.69, 9.17) is 9.47 Å². The molecular weight excluding hydrogens is 294 g/mol. The SMILES string of the molecule is CCOc1ccc(NC(=O)c2cccc3cn[nH]c23)cc1OC. The summed E-state index contributed by atoms with van der Waals surface area (Å²) in [5.74, 6) is 0.999. The van der Waals surface area contributed by atoms with Crippen molar-refractivity contribution in [3.8, 4) is 11.5 Å². The van der Waals surface area contributed by atoms with E-state index in [0.29, 0.717) is 34.9 Å². The summed E-state index contributed by atoms with van der Waals surface area (Å²) >= 11 is 0. The van der Waals surface area contributed by atoms with E-state index in [9.17, 15) is 4.79 Å². The number of H-pyrrole nitrogens is 1. The van der Waals surface area contributed by atoms with Crippen molar-refractivity contribution >= 4 is 22.5 Å². The van der Waals surface area contributed by atoms with Gasteiger partial charge in [-0.15, -0.1) is 0 Å². The molecule has 2 N–H and O–H groups in total. The van der Waals surface area contributed by atoms with Crippen LogP contribution in [0.4, 0.5) is 5.69 Å². The number of aromatic nitrogens is 2. The van der Waals surface area contributed by atoms with Gasteiger partial charge in [0.1, 0.15) is 0 Å². The molecule has 3 rings (SSSR count). The first-order chi connectivity index (χ1) is 11.2. The van der Waals surface area contributed by atoms with Crippen molar-refractivity contribution in [2.24, 2.45) is 0 Å². The molecule has 1 heterocycles. The Balaban J connectivity index is 1.87. The molecule has 0 saturated carbocycles. The van der Waals surface area contributed by atoms with Crippen LogP contribution in [0.2, 0.25) is 0 Å². The van der Waals surface area contributed by atoms with Crippen molar-refractivity contribution in [2.45, 2.75) is 6.92 Å². The van der Waals surface area contributed by atoms with Crippen molar-refractivity contribution in [2.75, 3.05) is 19.0 Å². The average Bonchev–Trinajstić information content (AvgIpc) is 3.04. The van der Waals surface area contributed by atoms with Crippen LogP contribution in [0.5, 0.6) is 11.5 Å². The molecule has 23 heavy (non-hydrogen) atoms. The van der Waals surface area contributed by atoms with Crippen LogP contribution in [0.25, 0.3) is 10.9 Å². The number of hydrogen-bond acceptors (Lipinski definition) is 4. The second-order valence-electron chi connectivity index (χ2n) is 4.89. The van der Waals surface area contributed by atoms with E-state index in [1.807, 2.05) is 19.1 Å². The van der Waals surface area contributed by atoms with Crippen LogP contribution in [0.15, 0.2) is 42.6 Å².